The van der Waals surface area contributed by atoms with Crippen LogP contribution in [0.25, 0.3) is 0 Å². The molecule has 0 aliphatic rings. The highest BCUT2D eigenvalue weighted by atomic mass is 32.2. The Hall–Kier alpha value is -1.73. The molecule has 0 heterocycles. The molecule has 0 radical (unpaired) electrons. The summed E-state index contributed by atoms with van der Waals surface area (Å²) in [6.45, 7) is -0.158. The maximum Gasteiger partial charge on any atom is 0.336 e. The van der Waals surface area contributed by atoms with Gasteiger partial charge in [-0.05, 0) is 24.3 Å². The van der Waals surface area contributed by atoms with Crippen LogP contribution in [-0.2, 0) is 14.3 Å². The van der Waals surface area contributed by atoms with Crippen molar-refractivity contribution in [3.8, 4) is 5.75 Å². The van der Waals surface area contributed by atoms with Crippen LogP contribution in [0, 0.1) is 0 Å². The van der Waals surface area contributed by atoms with Crippen molar-refractivity contribution >= 4 is 23.6 Å². The molecule has 6 nitrogen and oxygen atoms in total. The minimum atomic E-state index is -1.34. The summed E-state index contributed by atoms with van der Waals surface area (Å²) in [6.07, 6.45) is -1.34. The van der Waals surface area contributed by atoms with E-state index in [2.05, 4.69) is 10.1 Å². The summed E-state index contributed by atoms with van der Waals surface area (Å²) in [5.41, 5.74) is 0. The van der Waals surface area contributed by atoms with Crippen molar-refractivity contribution in [2.45, 2.75) is 11.0 Å². The van der Waals surface area contributed by atoms with Gasteiger partial charge < -0.3 is 19.9 Å². The molecule has 0 spiro atoms. The number of carbonyl (C=O) groups excluding carboxylic acids is 2. The van der Waals surface area contributed by atoms with Crippen LogP contribution in [0.15, 0.2) is 29.2 Å². The van der Waals surface area contributed by atoms with Crippen LogP contribution in [-0.4, -0.2) is 49.6 Å². The number of ether oxygens (including phenoxy) is 2. The first-order valence-corrected chi connectivity index (χ1v) is 6.84. The van der Waals surface area contributed by atoms with E-state index in [1.54, 1.807) is 19.2 Å². The number of hydrogen-bond acceptors (Lipinski definition) is 6. The Bertz CT molecular complexity index is 449. The second-order valence-electron chi connectivity index (χ2n) is 3.81. The second-order valence-corrected chi connectivity index (χ2v) is 4.86. The number of carbonyl (C=O) groups is 2. The molecule has 1 rings (SSSR count). The molecule has 2 N–H and O–H groups in total. The molecule has 1 amide bonds. The fourth-order valence-electron chi connectivity index (χ4n) is 1.30. The van der Waals surface area contributed by atoms with Crippen molar-refractivity contribution in [3.05, 3.63) is 24.3 Å². The summed E-state index contributed by atoms with van der Waals surface area (Å²) in [4.78, 5) is 23.4. The number of thioether (sulfide) groups is 1. The Morgan fingerprint density at radius 1 is 1.30 bits per heavy atom. The van der Waals surface area contributed by atoms with Gasteiger partial charge in [0.25, 0.3) is 0 Å². The second kappa shape index (κ2) is 8.44. The molecule has 0 fully saturated rings. The molecule has 20 heavy (non-hydrogen) atoms. The van der Waals surface area contributed by atoms with Gasteiger partial charge in [-0.2, -0.15) is 0 Å². The first-order chi connectivity index (χ1) is 9.56. The van der Waals surface area contributed by atoms with E-state index < -0.39 is 12.1 Å². The Labute approximate surface area is 121 Å². The Morgan fingerprint density at radius 3 is 2.50 bits per heavy atom. The number of methoxy groups -OCH3 is 2. The largest absolute Gasteiger partial charge is 0.497 e. The van der Waals surface area contributed by atoms with Gasteiger partial charge in [0.1, 0.15) is 5.75 Å². The zero-order valence-electron chi connectivity index (χ0n) is 11.3. The SMILES string of the molecule is COC(=O)C(O)CNC(=O)CSc1ccc(OC)cc1. The third-order valence-corrected chi connectivity index (χ3v) is 3.41. The third kappa shape index (κ3) is 5.50. The molecule has 1 aromatic carbocycles. The van der Waals surface area contributed by atoms with Crippen molar-refractivity contribution in [2.75, 3.05) is 26.5 Å². The Kier molecular flexibility index (Phi) is 6.89. The highest BCUT2D eigenvalue weighted by molar-refractivity contribution is 8.00. The van der Waals surface area contributed by atoms with Gasteiger partial charge in [0.15, 0.2) is 6.10 Å². The van der Waals surface area contributed by atoms with Gasteiger partial charge in [0.05, 0.1) is 26.5 Å². The molecule has 0 saturated carbocycles. The summed E-state index contributed by atoms with van der Waals surface area (Å²) in [5, 5.41) is 11.8. The van der Waals surface area contributed by atoms with Crippen LogP contribution in [0.4, 0.5) is 0 Å². The number of benzene rings is 1. The van der Waals surface area contributed by atoms with Crippen LogP contribution in [0.3, 0.4) is 0 Å². The van der Waals surface area contributed by atoms with Gasteiger partial charge in [-0.25, -0.2) is 4.79 Å². The van der Waals surface area contributed by atoms with Gasteiger partial charge in [0.2, 0.25) is 5.91 Å². The van der Waals surface area contributed by atoms with Crippen molar-refractivity contribution in [2.24, 2.45) is 0 Å². The van der Waals surface area contributed by atoms with E-state index >= 15 is 0 Å². The van der Waals surface area contributed by atoms with Crippen molar-refractivity contribution < 1.29 is 24.2 Å². The quantitative estimate of drug-likeness (QED) is 0.561. The molecule has 0 bridgehead atoms. The molecule has 0 saturated heterocycles. The van der Waals surface area contributed by atoms with Crippen molar-refractivity contribution in [1.82, 2.24) is 5.32 Å². The molecule has 1 aromatic rings. The van der Waals surface area contributed by atoms with E-state index in [1.165, 1.54) is 18.9 Å². The number of amides is 1. The van der Waals surface area contributed by atoms with E-state index in [9.17, 15) is 14.7 Å². The van der Waals surface area contributed by atoms with E-state index in [1.807, 2.05) is 12.1 Å². The van der Waals surface area contributed by atoms with E-state index in [4.69, 9.17) is 4.74 Å². The Morgan fingerprint density at radius 2 is 1.95 bits per heavy atom. The topological polar surface area (TPSA) is 84.9 Å². The lowest BCUT2D eigenvalue weighted by atomic mass is 10.3. The predicted octanol–water partition coefficient (Wildman–Crippen LogP) is 0.437. The number of esters is 1. The average Bonchev–Trinajstić information content (AvgIpc) is 2.50. The summed E-state index contributed by atoms with van der Waals surface area (Å²) in [6, 6.07) is 7.31. The van der Waals surface area contributed by atoms with Gasteiger partial charge in [-0.15, -0.1) is 11.8 Å². The van der Waals surface area contributed by atoms with Crippen molar-refractivity contribution in [3.63, 3.8) is 0 Å². The number of aliphatic hydroxyl groups excluding tert-OH is 1. The lowest BCUT2D eigenvalue weighted by molar-refractivity contribution is -0.150. The predicted molar refractivity (Wildman–Crippen MR) is 74.8 cm³/mol. The fourth-order valence-corrected chi connectivity index (χ4v) is 2.03. The minimum Gasteiger partial charge on any atom is -0.497 e. The maximum absolute atomic E-state index is 11.5. The van der Waals surface area contributed by atoms with Crippen LogP contribution < -0.4 is 10.1 Å². The molecule has 7 heteroatoms. The normalized spacial score (nSPS) is 11.6. The average molecular weight is 299 g/mol. The molecule has 0 aliphatic carbocycles. The van der Waals surface area contributed by atoms with E-state index in [0.717, 1.165) is 10.6 Å². The summed E-state index contributed by atoms with van der Waals surface area (Å²) >= 11 is 1.35. The maximum atomic E-state index is 11.5. The van der Waals surface area contributed by atoms with Crippen LogP contribution in [0.5, 0.6) is 5.75 Å². The van der Waals surface area contributed by atoms with E-state index in [0.29, 0.717) is 0 Å². The van der Waals surface area contributed by atoms with Gasteiger partial charge in [0, 0.05) is 4.90 Å². The molecular formula is C13H17NO5S. The summed E-state index contributed by atoms with van der Waals surface area (Å²) in [5.74, 6) is -0.0953. The molecule has 0 aliphatic heterocycles. The highest BCUT2D eigenvalue weighted by Crippen LogP contribution is 2.20. The monoisotopic (exact) mass is 299 g/mol. The highest BCUT2D eigenvalue weighted by Gasteiger charge is 2.16. The smallest absolute Gasteiger partial charge is 0.336 e. The zero-order chi connectivity index (χ0) is 15.0. The standard InChI is InChI=1S/C13H17NO5S/c1-18-9-3-5-10(6-4-9)20-8-12(16)14-7-11(15)13(17)19-2/h3-6,11,15H,7-8H2,1-2H3,(H,14,16). The summed E-state index contributed by atoms with van der Waals surface area (Å²) in [7, 11) is 2.76. The lowest BCUT2D eigenvalue weighted by Crippen LogP contribution is -2.37. The minimum absolute atomic E-state index is 0.158. The fraction of sp³-hybridized carbons (Fsp3) is 0.385. The molecule has 110 valence electrons. The number of hydrogen-bond donors (Lipinski definition) is 2. The number of aliphatic hydroxyl groups is 1. The Balaban J connectivity index is 2.30. The van der Waals surface area contributed by atoms with Gasteiger partial charge >= 0.3 is 5.97 Å². The molecule has 0 aromatic heterocycles. The first kappa shape index (κ1) is 16.3. The summed E-state index contributed by atoms with van der Waals surface area (Å²) < 4.78 is 9.37. The van der Waals surface area contributed by atoms with Crippen LogP contribution in [0.2, 0.25) is 0 Å². The first-order valence-electron chi connectivity index (χ1n) is 5.86. The number of rotatable bonds is 7. The third-order valence-electron chi connectivity index (χ3n) is 2.40. The van der Waals surface area contributed by atoms with Crippen molar-refractivity contribution in [1.29, 1.82) is 0 Å². The van der Waals surface area contributed by atoms with Gasteiger partial charge in [-0.3, -0.25) is 4.79 Å². The zero-order valence-corrected chi connectivity index (χ0v) is 12.1. The van der Waals surface area contributed by atoms with Crippen LogP contribution >= 0.6 is 11.8 Å². The van der Waals surface area contributed by atoms with Crippen LogP contribution in [0.1, 0.15) is 0 Å². The lowest BCUT2D eigenvalue weighted by Gasteiger charge is -2.09. The van der Waals surface area contributed by atoms with E-state index in [-0.39, 0.29) is 18.2 Å². The molecule has 1 atom stereocenters. The number of nitrogens with one attached hydrogen (secondary N) is 1. The molecule has 1 unspecified atom stereocenters. The molecular weight excluding hydrogens is 282 g/mol. The van der Waals surface area contributed by atoms with Gasteiger partial charge in [-0.1, -0.05) is 0 Å².